The third-order valence-electron chi connectivity index (χ3n) is 2.63. The number of benzene rings is 1. The summed E-state index contributed by atoms with van der Waals surface area (Å²) in [6.07, 6.45) is 0.944. The van der Waals surface area contributed by atoms with Crippen molar-refractivity contribution < 1.29 is 4.39 Å². The van der Waals surface area contributed by atoms with Gasteiger partial charge in [0, 0.05) is 18.3 Å². The molecule has 0 saturated carbocycles. The molecule has 0 atom stereocenters. The molecule has 0 N–H and O–H groups in total. The van der Waals surface area contributed by atoms with Gasteiger partial charge >= 0.3 is 0 Å². The normalized spacial score (nSPS) is 13.3. The smallest absolute Gasteiger partial charge is 0.154 e. The monoisotopic (exact) mass is 248 g/mol. The molecule has 0 aliphatic heterocycles. The van der Waals surface area contributed by atoms with E-state index in [1.165, 1.54) is 6.07 Å². The summed E-state index contributed by atoms with van der Waals surface area (Å²) in [6.45, 7) is 8.06. The second kappa shape index (κ2) is 6.43. The van der Waals surface area contributed by atoms with Crippen LogP contribution in [-0.2, 0) is 0 Å². The summed E-state index contributed by atoms with van der Waals surface area (Å²) in [5.74, 6) is 1.04. The van der Waals surface area contributed by atoms with Gasteiger partial charge in [-0.05, 0) is 49.9 Å². The van der Waals surface area contributed by atoms with Crippen LogP contribution in [0.4, 0.5) is 4.39 Å². The van der Waals surface area contributed by atoms with Gasteiger partial charge in [-0.2, -0.15) is 0 Å². The second-order valence-corrected chi connectivity index (χ2v) is 4.96. The van der Waals surface area contributed by atoms with Gasteiger partial charge in [0.25, 0.3) is 0 Å². The first kappa shape index (κ1) is 14.6. The Balaban J connectivity index is 3.00. The molecule has 0 saturated heterocycles. The molecule has 1 aromatic carbocycles. The van der Waals surface area contributed by atoms with Crippen LogP contribution in [0.1, 0.15) is 38.3 Å². The molecule has 18 heavy (non-hydrogen) atoms. The number of hydrogen-bond donors (Lipinski definition) is 0. The zero-order valence-electron chi connectivity index (χ0n) is 11.8. The van der Waals surface area contributed by atoms with Crippen LogP contribution in [-0.4, -0.2) is 18.6 Å². The first-order valence-corrected chi connectivity index (χ1v) is 6.21. The fraction of sp³-hybridized carbons (Fsp3) is 0.467. The van der Waals surface area contributed by atoms with E-state index in [-0.39, 0.29) is 5.82 Å². The molecule has 0 aliphatic rings. The van der Waals surface area contributed by atoms with Gasteiger partial charge in [0.15, 0.2) is 5.84 Å². The lowest BCUT2D eigenvalue weighted by atomic mass is 10.1. The number of halogens is 1. The maximum absolute atomic E-state index is 13.2. The second-order valence-electron chi connectivity index (χ2n) is 4.96. The molecule has 1 rings (SSSR count). The standard InChI is InChI=1S/C15H21FN2/c1-10(2)8-12(4)18-15(17-5)13-6-7-14(16)11(3)9-13/h6-7,9-10H,8H2,1-5H3. The van der Waals surface area contributed by atoms with Gasteiger partial charge in [-0.15, -0.1) is 0 Å². The molecule has 0 aliphatic carbocycles. The molecular formula is C15H21FN2. The van der Waals surface area contributed by atoms with E-state index in [0.29, 0.717) is 17.3 Å². The van der Waals surface area contributed by atoms with E-state index in [1.807, 2.05) is 6.92 Å². The summed E-state index contributed by atoms with van der Waals surface area (Å²) >= 11 is 0. The van der Waals surface area contributed by atoms with Gasteiger partial charge < -0.3 is 0 Å². The van der Waals surface area contributed by atoms with Gasteiger partial charge in [0.05, 0.1) is 0 Å². The van der Waals surface area contributed by atoms with Gasteiger partial charge in [0.1, 0.15) is 5.82 Å². The third-order valence-corrected chi connectivity index (χ3v) is 2.63. The molecule has 2 nitrogen and oxygen atoms in total. The Hall–Kier alpha value is -1.51. The summed E-state index contributed by atoms with van der Waals surface area (Å²) in [6, 6.07) is 4.96. The predicted molar refractivity (Wildman–Crippen MR) is 76.2 cm³/mol. The highest BCUT2D eigenvalue weighted by molar-refractivity contribution is 6.06. The highest BCUT2D eigenvalue weighted by Gasteiger charge is 2.06. The molecule has 0 bridgehead atoms. The molecular weight excluding hydrogens is 227 g/mol. The highest BCUT2D eigenvalue weighted by atomic mass is 19.1. The summed E-state index contributed by atoms with van der Waals surface area (Å²) < 4.78 is 13.2. The van der Waals surface area contributed by atoms with Crippen molar-refractivity contribution in [1.82, 2.24) is 0 Å². The molecule has 0 heterocycles. The SMILES string of the molecule is CN=C(N=C(C)CC(C)C)c1ccc(F)c(C)c1. The average molecular weight is 248 g/mol. The van der Waals surface area contributed by atoms with E-state index in [9.17, 15) is 4.39 Å². The van der Waals surface area contributed by atoms with Crippen LogP contribution >= 0.6 is 0 Å². The van der Waals surface area contributed by atoms with Crippen LogP contribution < -0.4 is 0 Å². The van der Waals surface area contributed by atoms with Crippen molar-refractivity contribution in [3.63, 3.8) is 0 Å². The van der Waals surface area contributed by atoms with E-state index in [0.717, 1.165) is 17.7 Å². The number of nitrogens with zero attached hydrogens (tertiary/aromatic N) is 2. The number of rotatable bonds is 3. The molecule has 0 radical (unpaired) electrons. The van der Waals surface area contributed by atoms with Gasteiger partial charge in [0.2, 0.25) is 0 Å². The summed E-state index contributed by atoms with van der Waals surface area (Å²) in [5, 5.41) is 0. The Morgan fingerprint density at radius 2 is 2.00 bits per heavy atom. The van der Waals surface area contributed by atoms with Crippen LogP contribution in [0.5, 0.6) is 0 Å². The Morgan fingerprint density at radius 1 is 1.33 bits per heavy atom. The van der Waals surface area contributed by atoms with E-state index in [2.05, 4.69) is 23.8 Å². The van der Waals surface area contributed by atoms with E-state index >= 15 is 0 Å². The number of hydrogen-bond acceptors (Lipinski definition) is 1. The molecule has 0 aromatic heterocycles. The molecule has 98 valence electrons. The molecule has 0 fully saturated rings. The van der Waals surface area contributed by atoms with Crippen LogP contribution in [0.3, 0.4) is 0 Å². The number of amidine groups is 1. The highest BCUT2D eigenvalue weighted by Crippen LogP contribution is 2.12. The fourth-order valence-corrected chi connectivity index (χ4v) is 1.84. The minimum atomic E-state index is -0.197. The number of aryl methyl sites for hydroxylation is 1. The fourth-order valence-electron chi connectivity index (χ4n) is 1.84. The minimum absolute atomic E-state index is 0.197. The Labute approximate surface area is 109 Å². The summed E-state index contributed by atoms with van der Waals surface area (Å²) in [5.41, 5.74) is 2.53. The first-order valence-electron chi connectivity index (χ1n) is 6.21. The van der Waals surface area contributed by atoms with Crippen molar-refractivity contribution in [1.29, 1.82) is 0 Å². The van der Waals surface area contributed by atoms with Crippen molar-refractivity contribution in [2.24, 2.45) is 15.9 Å². The van der Waals surface area contributed by atoms with E-state index in [1.54, 1.807) is 26.1 Å². The van der Waals surface area contributed by atoms with Gasteiger partial charge in [-0.3, -0.25) is 4.99 Å². The zero-order valence-corrected chi connectivity index (χ0v) is 11.8. The molecule has 0 spiro atoms. The van der Waals surface area contributed by atoms with E-state index in [4.69, 9.17) is 0 Å². The van der Waals surface area contributed by atoms with Crippen LogP contribution in [0, 0.1) is 18.7 Å². The predicted octanol–water partition coefficient (Wildman–Crippen LogP) is 4.02. The lowest BCUT2D eigenvalue weighted by Gasteiger charge is -2.07. The largest absolute Gasteiger partial charge is 0.270 e. The van der Waals surface area contributed by atoms with Crippen molar-refractivity contribution in [2.45, 2.75) is 34.1 Å². The number of aliphatic imine (C=N–C) groups is 2. The Kier molecular flexibility index (Phi) is 5.20. The molecule has 0 unspecified atom stereocenters. The van der Waals surface area contributed by atoms with Crippen LogP contribution in [0.2, 0.25) is 0 Å². The quantitative estimate of drug-likeness (QED) is 0.570. The molecule has 1 aromatic rings. The molecule has 3 heteroatoms. The lowest BCUT2D eigenvalue weighted by molar-refractivity contribution is 0.618. The van der Waals surface area contributed by atoms with Crippen molar-refractivity contribution in [3.05, 3.63) is 35.1 Å². The molecule has 0 amide bonds. The van der Waals surface area contributed by atoms with Crippen LogP contribution in [0.15, 0.2) is 28.2 Å². The van der Waals surface area contributed by atoms with Crippen molar-refractivity contribution in [3.8, 4) is 0 Å². The van der Waals surface area contributed by atoms with Crippen molar-refractivity contribution >= 4 is 11.5 Å². The topological polar surface area (TPSA) is 24.7 Å². The van der Waals surface area contributed by atoms with Crippen LogP contribution in [0.25, 0.3) is 0 Å². The minimum Gasteiger partial charge on any atom is -0.270 e. The average Bonchev–Trinajstić information content (AvgIpc) is 2.29. The van der Waals surface area contributed by atoms with Crippen molar-refractivity contribution in [2.75, 3.05) is 7.05 Å². The Bertz CT molecular complexity index is 473. The lowest BCUT2D eigenvalue weighted by Crippen LogP contribution is -2.05. The van der Waals surface area contributed by atoms with Gasteiger partial charge in [-0.25, -0.2) is 9.38 Å². The zero-order chi connectivity index (χ0) is 13.7. The van der Waals surface area contributed by atoms with E-state index < -0.39 is 0 Å². The Morgan fingerprint density at radius 3 is 2.50 bits per heavy atom. The maximum Gasteiger partial charge on any atom is 0.154 e. The third kappa shape index (κ3) is 4.06. The first-order chi connectivity index (χ1) is 8.43. The summed E-state index contributed by atoms with van der Waals surface area (Å²) in [7, 11) is 1.71. The maximum atomic E-state index is 13.2. The summed E-state index contributed by atoms with van der Waals surface area (Å²) in [4.78, 5) is 8.70. The van der Waals surface area contributed by atoms with Gasteiger partial charge in [-0.1, -0.05) is 13.8 Å².